The molecule has 1 aromatic carbocycles. The van der Waals surface area contributed by atoms with Gasteiger partial charge in [0, 0.05) is 18.7 Å². The van der Waals surface area contributed by atoms with Crippen LogP contribution in [-0.2, 0) is 14.3 Å². The van der Waals surface area contributed by atoms with Crippen LogP contribution in [0.5, 0.6) is 5.75 Å². The molecule has 116 valence electrons. The van der Waals surface area contributed by atoms with Crippen molar-refractivity contribution < 1.29 is 24.2 Å². The first-order valence-corrected chi connectivity index (χ1v) is 6.90. The van der Waals surface area contributed by atoms with Gasteiger partial charge in [-0.05, 0) is 44.5 Å². The Labute approximate surface area is 124 Å². The second kappa shape index (κ2) is 8.97. The molecule has 1 atom stereocenters. The predicted molar refractivity (Wildman–Crippen MR) is 78.5 cm³/mol. The summed E-state index contributed by atoms with van der Waals surface area (Å²) < 4.78 is 10.6. The summed E-state index contributed by atoms with van der Waals surface area (Å²) in [6, 6.07) is 6.90. The maximum atomic E-state index is 11.7. The molecule has 1 aromatic rings. The molecular weight excluding hydrogens is 274 g/mol. The van der Waals surface area contributed by atoms with E-state index < -0.39 is 12.1 Å². The summed E-state index contributed by atoms with van der Waals surface area (Å²) in [5.74, 6) is -0.400. The van der Waals surface area contributed by atoms with Gasteiger partial charge in [0.15, 0.2) is 0 Å². The molecule has 6 heteroatoms. The number of hydrogen-bond acceptors (Lipinski definition) is 4. The Balaban J connectivity index is 2.39. The Morgan fingerprint density at radius 3 is 2.52 bits per heavy atom. The number of benzene rings is 1. The SMILES string of the molecule is CCOC(C)C(=O)Nc1ccc(OCCCC(=O)O)cc1. The molecule has 1 rings (SSSR count). The van der Waals surface area contributed by atoms with E-state index in [4.69, 9.17) is 14.6 Å². The standard InChI is InChI=1S/C15H21NO5/c1-3-20-11(2)15(19)16-12-6-8-13(9-7-12)21-10-4-5-14(17)18/h6-9,11H,3-5,10H2,1-2H3,(H,16,19)(H,17,18). The molecule has 0 saturated carbocycles. The van der Waals surface area contributed by atoms with Crippen LogP contribution in [0.3, 0.4) is 0 Å². The molecule has 0 aliphatic carbocycles. The van der Waals surface area contributed by atoms with E-state index in [-0.39, 0.29) is 12.3 Å². The number of ether oxygens (including phenoxy) is 2. The van der Waals surface area contributed by atoms with E-state index in [1.165, 1.54) is 0 Å². The molecule has 0 radical (unpaired) electrons. The van der Waals surface area contributed by atoms with Gasteiger partial charge in [-0.2, -0.15) is 0 Å². The third-order valence-electron chi connectivity index (χ3n) is 2.71. The van der Waals surface area contributed by atoms with Crippen molar-refractivity contribution in [2.24, 2.45) is 0 Å². The van der Waals surface area contributed by atoms with Crippen molar-refractivity contribution >= 4 is 17.6 Å². The van der Waals surface area contributed by atoms with Crippen LogP contribution in [-0.4, -0.2) is 36.3 Å². The average molecular weight is 295 g/mol. The van der Waals surface area contributed by atoms with Gasteiger partial charge in [-0.3, -0.25) is 9.59 Å². The van der Waals surface area contributed by atoms with Crippen LogP contribution in [0.15, 0.2) is 24.3 Å². The number of amides is 1. The predicted octanol–water partition coefficient (Wildman–Crippen LogP) is 2.29. The smallest absolute Gasteiger partial charge is 0.303 e. The maximum absolute atomic E-state index is 11.7. The third-order valence-corrected chi connectivity index (χ3v) is 2.71. The Morgan fingerprint density at radius 2 is 1.95 bits per heavy atom. The summed E-state index contributed by atoms with van der Waals surface area (Å²) in [4.78, 5) is 22.1. The van der Waals surface area contributed by atoms with Crippen molar-refractivity contribution in [2.45, 2.75) is 32.8 Å². The number of carbonyl (C=O) groups is 2. The lowest BCUT2D eigenvalue weighted by Crippen LogP contribution is -2.27. The van der Waals surface area contributed by atoms with Gasteiger partial charge in [0.05, 0.1) is 6.61 Å². The summed E-state index contributed by atoms with van der Waals surface area (Å²) in [5, 5.41) is 11.2. The monoisotopic (exact) mass is 295 g/mol. The first-order valence-electron chi connectivity index (χ1n) is 6.90. The zero-order chi connectivity index (χ0) is 15.7. The molecule has 1 amide bonds. The lowest BCUT2D eigenvalue weighted by Gasteiger charge is -2.12. The highest BCUT2D eigenvalue weighted by Gasteiger charge is 2.12. The van der Waals surface area contributed by atoms with E-state index in [0.29, 0.717) is 31.1 Å². The maximum Gasteiger partial charge on any atom is 0.303 e. The highest BCUT2D eigenvalue weighted by molar-refractivity contribution is 5.93. The van der Waals surface area contributed by atoms with Crippen LogP contribution in [0, 0.1) is 0 Å². The van der Waals surface area contributed by atoms with Crippen LogP contribution >= 0.6 is 0 Å². The minimum absolute atomic E-state index is 0.0868. The largest absolute Gasteiger partial charge is 0.494 e. The molecule has 0 spiro atoms. The Hall–Kier alpha value is -2.08. The average Bonchev–Trinajstić information content (AvgIpc) is 2.45. The number of rotatable bonds is 9. The molecular formula is C15H21NO5. The van der Waals surface area contributed by atoms with Gasteiger partial charge >= 0.3 is 5.97 Å². The molecule has 0 saturated heterocycles. The van der Waals surface area contributed by atoms with E-state index in [1.807, 2.05) is 6.92 Å². The van der Waals surface area contributed by atoms with Gasteiger partial charge in [0.2, 0.25) is 0 Å². The van der Waals surface area contributed by atoms with E-state index in [9.17, 15) is 9.59 Å². The molecule has 0 aliphatic rings. The first kappa shape index (κ1) is 17.0. The number of aliphatic carboxylic acids is 1. The summed E-state index contributed by atoms with van der Waals surface area (Å²) in [5.41, 5.74) is 0.657. The van der Waals surface area contributed by atoms with Crippen molar-refractivity contribution in [2.75, 3.05) is 18.5 Å². The highest BCUT2D eigenvalue weighted by Crippen LogP contribution is 2.16. The summed E-state index contributed by atoms with van der Waals surface area (Å²) in [6.07, 6.45) is 0.0466. The van der Waals surface area contributed by atoms with E-state index in [2.05, 4.69) is 5.32 Å². The topological polar surface area (TPSA) is 84.9 Å². The zero-order valence-electron chi connectivity index (χ0n) is 12.3. The normalized spacial score (nSPS) is 11.7. The summed E-state index contributed by atoms with van der Waals surface area (Å²) >= 11 is 0. The zero-order valence-corrected chi connectivity index (χ0v) is 12.3. The summed E-state index contributed by atoms with van der Waals surface area (Å²) in [6.45, 7) is 4.36. The molecule has 0 aromatic heterocycles. The minimum atomic E-state index is -0.833. The number of nitrogens with one attached hydrogen (secondary N) is 1. The Morgan fingerprint density at radius 1 is 1.29 bits per heavy atom. The van der Waals surface area contributed by atoms with Gasteiger partial charge in [-0.25, -0.2) is 0 Å². The second-order valence-corrected chi connectivity index (χ2v) is 4.46. The quantitative estimate of drug-likeness (QED) is 0.683. The fraction of sp³-hybridized carbons (Fsp3) is 0.467. The van der Waals surface area contributed by atoms with Gasteiger partial charge < -0.3 is 19.9 Å². The first-order chi connectivity index (χ1) is 10.0. The van der Waals surface area contributed by atoms with Crippen LogP contribution in [0.4, 0.5) is 5.69 Å². The van der Waals surface area contributed by atoms with E-state index in [0.717, 1.165) is 0 Å². The van der Waals surface area contributed by atoms with Crippen molar-refractivity contribution in [3.05, 3.63) is 24.3 Å². The molecule has 0 heterocycles. The molecule has 21 heavy (non-hydrogen) atoms. The van der Waals surface area contributed by atoms with Crippen LogP contribution in [0.25, 0.3) is 0 Å². The van der Waals surface area contributed by atoms with Gasteiger partial charge in [0.1, 0.15) is 11.9 Å². The minimum Gasteiger partial charge on any atom is -0.494 e. The van der Waals surface area contributed by atoms with E-state index >= 15 is 0 Å². The van der Waals surface area contributed by atoms with Crippen molar-refractivity contribution in [3.8, 4) is 5.75 Å². The third kappa shape index (κ3) is 6.76. The number of carboxylic acids is 1. The number of carbonyl (C=O) groups excluding carboxylic acids is 1. The highest BCUT2D eigenvalue weighted by atomic mass is 16.5. The van der Waals surface area contributed by atoms with Crippen LogP contribution < -0.4 is 10.1 Å². The second-order valence-electron chi connectivity index (χ2n) is 4.46. The fourth-order valence-electron chi connectivity index (χ4n) is 1.62. The number of carboxylic acid groups (broad SMARTS) is 1. The summed E-state index contributed by atoms with van der Waals surface area (Å²) in [7, 11) is 0. The van der Waals surface area contributed by atoms with Gasteiger partial charge in [0.25, 0.3) is 5.91 Å². The molecule has 0 bridgehead atoms. The van der Waals surface area contributed by atoms with Gasteiger partial charge in [-0.15, -0.1) is 0 Å². The number of hydrogen-bond donors (Lipinski definition) is 2. The molecule has 6 nitrogen and oxygen atoms in total. The molecule has 1 unspecified atom stereocenters. The van der Waals surface area contributed by atoms with E-state index in [1.54, 1.807) is 31.2 Å². The molecule has 2 N–H and O–H groups in total. The van der Waals surface area contributed by atoms with Crippen molar-refractivity contribution in [1.29, 1.82) is 0 Å². The number of anilines is 1. The fourth-order valence-corrected chi connectivity index (χ4v) is 1.62. The lowest BCUT2D eigenvalue weighted by atomic mass is 10.2. The molecule has 0 fully saturated rings. The Kier molecular flexibility index (Phi) is 7.25. The van der Waals surface area contributed by atoms with Crippen LogP contribution in [0.2, 0.25) is 0 Å². The van der Waals surface area contributed by atoms with Gasteiger partial charge in [-0.1, -0.05) is 0 Å². The molecule has 0 aliphatic heterocycles. The van der Waals surface area contributed by atoms with Crippen LogP contribution in [0.1, 0.15) is 26.7 Å². The van der Waals surface area contributed by atoms with Crippen molar-refractivity contribution in [3.63, 3.8) is 0 Å². The Bertz CT molecular complexity index is 458. The van der Waals surface area contributed by atoms with Crippen molar-refractivity contribution in [1.82, 2.24) is 0 Å². The lowest BCUT2D eigenvalue weighted by molar-refractivity contribution is -0.137.